The quantitative estimate of drug-likeness (QED) is 0.593. The number of fused-ring (bicyclic) bond motifs is 2. The molecule has 2 N–H and O–H groups in total. The van der Waals surface area contributed by atoms with Crippen LogP contribution in [-0.4, -0.2) is 70.9 Å². The lowest BCUT2D eigenvalue weighted by Gasteiger charge is -2.29. The van der Waals surface area contributed by atoms with Crippen LogP contribution in [0.5, 0.6) is 0 Å². The molecule has 1 spiro atoms. The summed E-state index contributed by atoms with van der Waals surface area (Å²) >= 11 is 0. The number of anilines is 1. The van der Waals surface area contributed by atoms with Crippen molar-refractivity contribution in [2.45, 2.75) is 75.8 Å². The number of likely N-dealkylation sites (tertiary alicyclic amines) is 2. The molecule has 4 atom stereocenters. The summed E-state index contributed by atoms with van der Waals surface area (Å²) < 4.78 is 39.9. The molecule has 0 aromatic heterocycles. The highest BCUT2D eigenvalue weighted by Gasteiger charge is 2.60. The van der Waals surface area contributed by atoms with E-state index < -0.39 is 53.0 Å². The molecule has 4 amide bonds. The van der Waals surface area contributed by atoms with Crippen LogP contribution < -0.4 is 10.6 Å². The predicted molar refractivity (Wildman–Crippen MR) is 134 cm³/mol. The number of amides is 4. The van der Waals surface area contributed by atoms with Gasteiger partial charge in [-0.05, 0) is 35.8 Å². The first kappa shape index (κ1) is 27.0. The molecular weight excluding hydrogens is 515 g/mol. The van der Waals surface area contributed by atoms with Gasteiger partial charge in [0.05, 0.1) is 6.42 Å². The van der Waals surface area contributed by atoms with Crippen LogP contribution in [0, 0.1) is 17.9 Å². The van der Waals surface area contributed by atoms with Crippen LogP contribution >= 0.6 is 0 Å². The highest BCUT2D eigenvalue weighted by atomic mass is 19.4. The number of halogens is 3. The van der Waals surface area contributed by atoms with E-state index in [0.29, 0.717) is 10.6 Å². The molecule has 3 fully saturated rings. The van der Waals surface area contributed by atoms with Gasteiger partial charge in [0.25, 0.3) is 12.5 Å². The van der Waals surface area contributed by atoms with E-state index >= 15 is 0 Å². The van der Waals surface area contributed by atoms with E-state index in [-0.39, 0.29) is 44.2 Å². The number of nitrogens with zero attached hydrogens (tertiary/aromatic N) is 3. The normalized spacial score (nSPS) is 28.2. The Balaban J connectivity index is 1.39. The topological polar surface area (TPSA) is 103 Å². The van der Waals surface area contributed by atoms with Crippen molar-refractivity contribution in [2.24, 2.45) is 11.3 Å². The van der Waals surface area contributed by atoms with Crippen LogP contribution in [0.1, 0.15) is 51.5 Å². The first-order valence-electron chi connectivity index (χ1n) is 13.1. The Labute approximate surface area is 223 Å². The number of carbonyl (C=O) groups is 4. The van der Waals surface area contributed by atoms with Crippen LogP contribution in [-0.2, 0) is 24.6 Å². The van der Waals surface area contributed by atoms with Gasteiger partial charge in [-0.1, -0.05) is 49.7 Å². The highest BCUT2D eigenvalue weighted by Crippen LogP contribution is 2.47. The molecule has 39 heavy (non-hydrogen) atoms. The summed E-state index contributed by atoms with van der Waals surface area (Å²) in [4.78, 5) is 58.3. The second kappa shape index (κ2) is 9.24. The average molecular weight is 547 g/mol. The summed E-state index contributed by atoms with van der Waals surface area (Å²) in [7, 11) is 0. The van der Waals surface area contributed by atoms with Crippen molar-refractivity contribution < 1.29 is 32.3 Å². The summed E-state index contributed by atoms with van der Waals surface area (Å²) in [6, 6.07) is 4.75. The number of rotatable bonds is 5. The maximum atomic E-state index is 13.9. The fourth-order valence-corrected chi connectivity index (χ4v) is 6.23. The Bertz CT molecular complexity index is 1270. The molecule has 0 unspecified atom stereocenters. The lowest BCUT2D eigenvalue weighted by Crippen LogP contribution is -2.56. The molecule has 1 aliphatic carbocycles. The van der Waals surface area contributed by atoms with Crippen LogP contribution in [0.3, 0.4) is 0 Å². The minimum absolute atomic E-state index is 0.00771. The Hall–Kier alpha value is -3.62. The minimum atomic E-state index is -5.12. The van der Waals surface area contributed by atoms with Gasteiger partial charge in [-0.15, -0.1) is 0 Å². The van der Waals surface area contributed by atoms with Crippen molar-refractivity contribution in [1.82, 2.24) is 15.1 Å². The molecule has 3 heterocycles. The second-order valence-corrected chi connectivity index (χ2v) is 11.9. The number of hydrogen-bond donors (Lipinski definition) is 2. The van der Waals surface area contributed by atoms with Gasteiger partial charge >= 0.3 is 18.2 Å². The second-order valence-electron chi connectivity index (χ2n) is 11.9. The van der Waals surface area contributed by atoms with Crippen molar-refractivity contribution in [3.8, 4) is 6.57 Å². The van der Waals surface area contributed by atoms with E-state index in [2.05, 4.69) is 15.5 Å². The SMILES string of the molecule is C#[N+][C@@H]1C[C@@]2(CN1C(=O)[C@H](CC1CC1)NC(=O)[C@@H]1CC(C)(C)CN1C(=O)C(F)(F)F)C(=O)Nc1ccccc12. The van der Waals surface area contributed by atoms with Gasteiger partial charge in [-0.3, -0.25) is 24.1 Å². The largest absolute Gasteiger partial charge is 0.471 e. The first-order valence-corrected chi connectivity index (χ1v) is 13.1. The van der Waals surface area contributed by atoms with E-state index in [1.165, 1.54) is 4.90 Å². The monoisotopic (exact) mass is 546 g/mol. The van der Waals surface area contributed by atoms with Gasteiger partial charge in [0.1, 0.15) is 17.5 Å². The maximum absolute atomic E-state index is 13.9. The van der Waals surface area contributed by atoms with Gasteiger partial charge < -0.3 is 15.5 Å². The van der Waals surface area contributed by atoms with Gasteiger partial charge in [-0.2, -0.15) is 13.2 Å². The minimum Gasteiger partial charge on any atom is -0.342 e. The van der Waals surface area contributed by atoms with E-state index in [0.717, 1.165) is 18.4 Å². The zero-order chi connectivity index (χ0) is 28.3. The predicted octanol–water partition coefficient (Wildman–Crippen LogP) is 2.87. The maximum Gasteiger partial charge on any atom is 0.471 e. The molecule has 5 rings (SSSR count). The third kappa shape index (κ3) is 4.83. The molecule has 9 nitrogen and oxygen atoms in total. The van der Waals surface area contributed by atoms with Crippen molar-refractivity contribution in [1.29, 1.82) is 0 Å². The van der Waals surface area contributed by atoms with E-state index in [9.17, 15) is 32.3 Å². The summed E-state index contributed by atoms with van der Waals surface area (Å²) in [6.45, 7) is 8.81. The summed E-state index contributed by atoms with van der Waals surface area (Å²) in [5.41, 5.74) is -0.392. The number of nitrogens with one attached hydrogen (secondary N) is 2. The fraction of sp³-hybridized carbons (Fsp3) is 0.593. The van der Waals surface area contributed by atoms with E-state index in [1.54, 1.807) is 32.0 Å². The number of alkyl halides is 3. The Kier molecular flexibility index (Phi) is 6.39. The van der Waals surface area contributed by atoms with Crippen molar-refractivity contribution in [3.63, 3.8) is 0 Å². The first-order chi connectivity index (χ1) is 18.3. The number of para-hydroxylation sites is 1. The zero-order valence-electron chi connectivity index (χ0n) is 21.8. The third-order valence-corrected chi connectivity index (χ3v) is 8.32. The van der Waals surface area contributed by atoms with Gasteiger partial charge in [0.15, 0.2) is 0 Å². The standard InChI is InChI=1S/C27H30F3N5O4/c1-25(2)11-19(34(13-25)24(39)27(28,29)30)21(36)32-18(10-15-8-9-15)22(37)35-14-26(12-20(35)31-3)16-6-4-5-7-17(16)33-23(26)38/h3-7,15,18-20H,8-14H2,1-2H3,(H-,32,33,36,38)/p+1/t18-,19-,20-,26-/m0/s1. The van der Waals surface area contributed by atoms with Gasteiger partial charge in [0, 0.05) is 18.8 Å². The lowest BCUT2D eigenvalue weighted by atomic mass is 9.80. The van der Waals surface area contributed by atoms with Gasteiger partial charge in [-0.25, -0.2) is 0 Å². The smallest absolute Gasteiger partial charge is 0.342 e. The molecule has 1 aromatic carbocycles. The number of benzene rings is 1. The van der Waals surface area contributed by atoms with Crippen LogP contribution in [0.4, 0.5) is 18.9 Å². The van der Waals surface area contributed by atoms with Crippen LogP contribution in [0.15, 0.2) is 24.3 Å². The summed E-state index contributed by atoms with van der Waals surface area (Å²) in [5.74, 6) is -3.49. The molecule has 12 heteroatoms. The van der Waals surface area contributed by atoms with Crippen molar-refractivity contribution >= 4 is 29.3 Å². The molecule has 208 valence electrons. The summed E-state index contributed by atoms with van der Waals surface area (Å²) in [6.07, 6.45) is -3.76. The Morgan fingerprint density at radius 3 is 2.49 bits per heavy atom. The Morgan fingerprint density at radius 1 is 1.15 bits per heavy atom. The number of carbonyl (C=O) groups excluding carboxylic acids is 4. The number of hydrogen-bond acceptors (Lipinski definition) is 4. The third-order valence-electron chi connectivity index (χ3n) is 8.32. The molecule has 2 saturated heterocycles. The lowest BCUT2D eigenvalue weighted by molar-refractivity contribution is -0.187. The zero-order valence-corrected chi connectivity index (χ0v) is 21.8. The van der Waals surface area contributed by atoms with Crippen molar-refractivity contribution in [3.05, 3.63) is 34.7 Å². The summed E-state index contributed by atoms with van der Waals surface area (Å²) in [5, 5.41) is 5.51. The molecule has 3 aliphatic heterocycles. The molecule has 4 aliphatic rings. The van der Waals surface area contributed by atoms with Crippen molar-refractivity contribution in [2.75, 3.05) is 18.4 Å². The van der Waals surface area contributed by atoms with E-state index in [4.69, 9.17) is 6.57 Å². The van der Waals surface area contributed by atoms with Gasteiger partial charge in [0.2, 0.25) is 11.8 Å². The molecule has 1 saturated carbocycles. The molecule has 0 bridgehead atoms. The van der Waals surface area contributed by atoms with E-state index in [1.807, 2.05) is 6.07 Å². The molecule has 0 radical (unpaired) electrons. The van der Waals surface area contributed by atoms with Crippen LogP contribution in [0.25, 0.3) is 4.85 Å². The highest BCUT2D eigenvalue weighted by molar-refractivity contribution is 6.07. The average Bonchev–Trinajstić information content (AvgIpc) is 3.41. The molecular formula is C27H31F3N5O4+. The molecule has 1 aromatic rings. The fourth-order valence-electron chi connectivity index (χ4n) is 6.23. The Morgan fingerprint density at radius 2 is 1.85 bits per heavy atom. The van der Waals surface area contributed by atoms with Crippen LogP contribution in [0.2, 0.25) is 0 Å².